The van der Waals surface area contributed by atoms with Crippen LogP contribution in [0.2, 0.25) is 0 Å². The summed E-state index contributed by atoms with van der Waals surface area (Å²) in [4.78, 5) is 0. The molecule has 3 nitrogen and oxygen atoms in total. The molecule has 0 amide bonds. The first-order valence-corrected chi connectivity index (χ1v) is 6.67. The minimum absolute atomic E-state index is 0.198. The molecule has 96 valence electrons. The van der Waals surface area contributed by atoms with Gasteiger partial charge in [0.25, 0.3) is 0 Å². The van der Waals surface area contributed by atoms with Gasteiger partial charge < -0.3 is 15.4 Å². The van der Waals surface area contributed by atoms with E-state index in [9.17, 15) is 0 Å². The summed E-state index contributed by atoms with van der Waals surface area (Å²) in [6, 6.07) is 0. The molecule has 1 saturated carbocycles. The van der Waals surface area contributed by atoms with Gasteiger partial charge in [-0.3, -0.25) is 0 Å². The van der Waals surface area contributed by atoms with Crippen molar-refractivity contribution in [3.63, 3.8) is 0 Å². The monoisotopic (exact) mass is 228 g/mol. The Balaban J connectivity index is 1.82. The van der Waals surface area contributed by atoms with Crippen molar-refractivity contribution in [2.45, 2.75) is 45.6 Å². The highest BCUT2D eigenvalue weighted by atomic mass is 16.5. The lowest BCUT2D eigenvalue weighted by Crippen LogP contribution is -2.47. The summed E-state index contributed by atoms with van der Waals surface area (Å²) in [5.41, 5.74) is 0.198. The molecule has 2 N–H and O–H groups in total. The predicted molar refractivity (Wildman–Crippen MR) is 68.8 cm³/mol. The number of hydrogen-bond acceptors (Lipinski definition) is 3. The van der Waals surface area contributed by atoms with Gasteiger partial charge in [-0.05, 0) is 52.1 Å². The largest absolute Gasteiger partial charge is 0.381 e. The van der Waals surface area contributed by atoms with Gasteiger partial charge in [0.15, 0.2) is 0 Å². The summed E-state index contributed by atoms with van der Waals surface area (Å²) in [6.07, 6.45) is 3.89. The third-order valence-electron chi connectivity index (χ3n) is 2.91. The molecule has 0 aromatic carbocycles. The maximum atomic E-state index is 5.58. The minimum atomic E-state index is 0.198. The van der Waals surface area contributed by atoms with Crippen LogP contribution in [0.3, 0.4) is 0 Å². The van der Waals surface area contributed by atoms with E-state index in [1.807, 2.05) is 0 Å². The predicted octanol–water partition coefficient (Wildman–Crippen LogP) is 1.78. The Morgan fingerprint density at radius 1 is 1.31 bits per heavy atom. The van der Waals surface area contributed by atoms with Crippen LogP contribution >= 0.6 is 0 Å². The lowest BCUT2D eigenvalue weighted by Gasteiger charge is -2.26. The van der Waals surface area contributed by atoms with E-state index in [0.717, 1.165) is 45.2 Å². The van der Waals surface area contributed by atoms with Crippen molar-refractivity contribution in [2.75, 3.05) is 32.8 Å². The van der Waals surface area contributed by atoms with E-state index in [0.29, 0.717) is 0 Å². The normalized spacial score (nSPS) is 16.7. The molecule has 3 heteroatoms. The standard InChI is InChI=1S/C13H28N2O/c1-4-15-13(2,3)11-14-8-5-9-16-10-12-6-7-12/h12,14-15H,4-11H2,1-3H3. The second-order valence-corrected chi connectivity index (χ2v) is 5.46. The van der Waals surface area contributed by atoms with E-state index < -0.39 is 0 Å². The molecule has 0 heterocycles. The Morgan fingerprint density at radius 3 is 2.69 bits per heavy atom. The Hall–Kier alpha value is -0.120. The molecule has 0 saturated heterocycles. The first-order chi connectivity index (χ1) is 7.64. The van der Waals surface area contributed by atoms with E-state index in [-0.39, 0.29) is 5.54 Å². The molecule has 0 aromatic heterocycles. The Kier molecular flexibility index (Phi) is 6.32. The van der Waals surface area contributed by atoms with Gasteiger partial charge in [-0.25, -0.2) is 0 Å². The molecular weight excluding hydrogens is 200 g/mol. The summed E-state index contributed by atoms with van der Waals surface area (Å²) in [7, 11) is 0. The second-order valence-electron chi connectivity index (χ2n) is 5.46. The highest BCUT2D eigenvalue weighted by Gasteiger charge is 2.20. The number of likely N-dealkylation sites (N-methyl/N-ethyl adjacent to an activating group) is 1. The first kappa shape index (κ1) is 13.9. The van der Waals surface area contributed by atoms with Gasteiger partial charge in [0.1, 0.15) is 0 Å². The molecule has 1 aliphatic rings. The molecule has 0 unspecified atom stereocenters. The van der Waals surface area contributed by atoms with Crippen molar-refractivity contribution >= 4 is 0 Å². The van der Waals surface area contributed by atoms with E-state index in [2.05, 4.69) is 31.4 Å². The van der Waals surface area contributed by atoms with Crippen molar-refractivity contribution in [1.29, 1.82) is 0 Å². The fourth-order valence-corrected chi connectivity index (χ4v) is 1.78. The highest BCUT2D eigenvalue weighted by molar-refractivity contribution is 4.79. The van der Waals surface area contributed by atoms with Crippen LogP contribution in [0.25, 0.3) is 0 Å². The van der Waals surface area contributed by atoms with Crippen molar-refractivity contribution in [2.24, 2.45) is 5.92 Å². The van der Waals surface area contributed by atoms with Crippen LogP contribution in [0.15, 0.2) is 0 Å². The number of ether oxygens (including phenoxy) is 1. The van der Waals surface area contributed by atoms with Crippen LogP contribution in [0, 0.1) is 5.92 Å². The minimum Gasteiger partial charge on any atom is -0.381 e. The van der Waals surface area contributed by atoms with Crippen LogP contribution in [0.1, 0.15) is 40.0 Å². The van der Waals surface area contributed by atoms with Gasteiger partial charge >= 0.3 is 0 Å². The lowest BCUT2D eigenvalue weighted by molar-refractivity contribution is 0.121. The Morgan fingerprint density at radius 2 is 2.06 bits per heavy atom. The smallest absolute Gasteiger partial charge is 0.0494 e. The number of rotatable bonds is 10. The van der Waals surface area contributed by atoms with E-state index in [1.54, 1.807) is 0 Å². The van der Waals surface area contributed by atoms with Gasteiger partial charge in [0, 0.05) is 25.3 Å². The van der Waals surface area contributed by atoms with Crippen LogP contribution < -0.4 is 10.6 Å². The third kappa shape index (κ3) is 7.20. The van der Waals surface area contributed by atoms with Crippen LogP contribution in [0.5, 0.6) is 0 Å². The van der Waals surface area contributed by atoms with E-state index >= 15 is 0 Å². The molecule has 1 aliphatic carbocycles. The molecule has 0 radical (unpaired) electrons. The zero-order valence-electron chi connectivity index (χ0n) is 11.1. The molecule has 0 atom stereocenters. The van der Waals surface area contributed by atoms with Gasteiger partial charge in [0.2, 0.25) is 0 Å². The molecule has 0 aliphatic heterocycles. The average Bonchev–Trinajstić information content (AvgIpc) is 3.00. The van der Waals surface area contributed by atoms with Crippen LogP contribution in [-0.2, 0) is 4.74 Å². The van der Waals surface area contributed by atoms with Crippen molar-refractivity contribution in [3.05, 3.63) is 0 Å². The molecule has 1 rings (SSSR count). The van der Waals surface area contributed by atoms with Gasteiger partial charge in [-0.1, -0.05) is 6.92 Å². The zero-order valence-corrected chi connectivity index (χ0v) is 11.1. The molecule has 0 bridgehead atoms. The average molecular weight is 228 g/mol. The zero-order chi connectivity index (χ0) is 11.9. The lowest BCUT2D eigenvalue weighted by atomic mass is 10.1. The summed E-state index contributed by atoms with van der Waals surface area (Å²) in [5.74, 6) is 0.889. The van der Waals surface area contributed by atoms with Gasteiger partial charge in [-0.2, -0.15) is 0 Å². The maximum absolute atomic E-state index is 5.58. The Labute approximate surface area is 100 Å². The van der Waals surface area contributed by atoms with Crippen LogP contribution in [-0.4, -0.2) is 38.4 Å². The topological polar surface area (TPSA) is 33.3 Å². The van der Waals surface area contributed by atoms with Gasteiger partial charge in [-0.15, -0.1) is 0 Å². The fraction of sp³-hybridized carbons (Fsp3) is 1.00. The summed E-state index contributed by atoms with van der Waals surface area (Å²) in [5, 5.41) is 6.93. The third-order valence-corrected chi connectivity index (χ3v) is 2.91. The van der Waals surface area contributed by atoms with Crippen molar-refractivity contribution < 1.29 is 4.74 Å². The Bertz CT molecular complexity index is 179. The van der Waals surface area contributed by atoms with Crippen molar-refractivity contribution in [3.8, 4) is 0 Å². The van der Waals surface area contributed by atoms with E-state index in [4.69, 9.17) is 4.74 Å². The summed E-state index contributed by atoms with van der Waals surface area (Å²) in [6.45, 7) is 11.6. The van der Waals surface area contributed by atoms with Crippen molar-refractivity contribution in [1.82, 2.24) is 10.6 Å². The summed E-state index contributed by atoms with van der Waals surface area (Å²) >= 11 is 0. The molecule has 1 fully saturated rings. The highest BCUT2D eigenvalue weighted by Crippen LogP contribution is 2.28. The quantitative estimate of drug-likeness (QED) is 0.559. The van der Waals surface area contributed by atoms with Gasteiger partial charge in [0.05, 0.1) is 0 Å². The molecule has 0 spiro atoms. The maximum Gasteiger partial charge on any atom is 0.0494 e. The van der Waals surface area contributed by atoms with E-state index in [1.165, 1.54) is 12.8 Å². The molecule has 16 heavy (non-hydrogen) atoms. The first-order valence-electron chi connectivity index (χ1n) is 6.67. The fourth-order valence-electron chi connectivity index (χ4n) is 1.78. The SMILES string of the molecule is CCNC(C)(C)CNCCCOCC1CC1. The summed E-state index contributed by atoms with van der Waals surface area (Å²) < 4.78 is 5.58. The molecule has 0 aromatic rings. The second kappa shape index (κ2) is 7.25. The van der Waals surface area contributed by atoms with Crippen LogP contribution in [0.4, 0.5) is 0 Å². The number of hydrogen-bond donors (Lipinski definition) is 2. The number of nitrogens with one attached hydrogen (secondary N) is 2. The molecular formula is C13H28N2O.